The molecule has 2 aliphatic rings. The van der Waals surface area contributed by atoms with Crippen LogP contribution in [-0.2, 0) is 29.7 Å². The lowest BCUT2D eigenvalue weighted by atomic mass is 9.97. The smallest absolute Gasteiger partial charge is 0.220 e. The fourth-order valence-electron chi connectivity index (χ4n) is 6.86. The second-order valence-corrected chi connectivity index (χ2v) is 13.7. The number of hydrogen-bond donors (Lipinski definition) is 4. The predicted octanol–water partition coefficient (Wildman–Crippen LogP) is 6.02. The molecule has 4 N–H and O–H groups in total. The van der Waals surface area contributed by atoms with E-state index in [1.165, 1.54) is 0 Å². The number of benzene rings is 2. The van der Waals surface area contributed by atoms with E-state index in [0.717, 1.165) is 69.4 Å². The molecule has 10 nitrogen and oxygen atoms in total. The zero-order valence-corrected chi connectivity index (χ0v) is 29.5. The molecule has 0 unspecified atom stereocenters. The zero-order chi connectivity index (χ0) is 34.8. The summed E-state index contributed by atoms with van der Waals surface area (Å²) in [6.07, 6.45) is 6.82. The normalized spacial score (nSPS) is 17.4. The van der Waals surface area contributed by atoms with Crippen LogP contribution in [0.5, 0.6) is 5.88 Å². The van der Waals surface area contributed by atoms with Gasteiger partial charge < -0.3 is 30.6 Å². The van der Waals surface area contributed by atoms with Crippen LogP contribution in [-0.4, -0.2) is 58.6 Å². The number of pyridine rings is 2. The molecule has 2 atom stereocenters. The van der Waals surface area contributed by atoms with Crippen LogP contribution in [0, 0.1) is 0 Å². The highest BCUT2D eigenvalue weighted by Crippen LogP contribution is 2.42. The molecule has 3 aromatic heterocycles. The molecule has 5 heterocycles. The first-order valence-corrected chi connectivity index (χ1v) is 17.6. The third kappa shape index (κ3) is 7.07. The van der Waals surface area contributed by atoms with Gasteiger partial charge in [-0.1, -0.05) is 65.7 Å². The van der Waals surface area contributed by atoms with Crippen LogP contribution < -0.4 is 26.0 Å². The topological polar surface area (TPSA) is 122 Å². The van der Waals surface area contributed by atoms with E-state index in [1.807, 2.05) is 61.8 Å². The number of carbonyl (C=O) groups is 2. The van der Waals surface area contributed by atoms with Crippen molar-refractivity contribution in [2.24, 2.45) is 7.05 Å². The lowest BCUT2D eigenvalue weighted by Gasteiger charge is -2.16. The number of carbonyl (C=O) groups excluding carboxylic acids is 2. The molecular formula is C38H39Cl2N7O3. The Balaban J connectivity index is 1.11. The summed E-state index contributed by atoms with van der Waals surface area (Å²) < 4.78 is 7.74. The SMILES string of the molecule is COc1nc(-c2cccc(-c3cccc(-c4cnc5c(CNC[C@@H]6CCC(=O)N6)cn(C)c5c4)c3Cl)c2Cl)ccc1CNC[C@H]1CCC(=O)N1. The van der Waals surface area contributed by atoms with Crippen molar-refractivity contribution in [1.29, 1.82) is 0 Å². The Bertz CT molecular complexity index is 2080. The van der Waals surface area contributed by atoms with Gasteiger partial charge in [0.05, 0.1) is 33.9 Å². The molecule has 258 valence electrons. The molecule has 2 aromatic carbocycles. The summed E-state index contributed by atoms with van der Waals surface area (Å²) in [6, 6.07) is 18.2. The summed E-state index contributed by atoms with van der Waals surface area (Å²) in [4.78, 5) is 32.7. The predicted molar refractivity (Wildman–Crippen MR) is 197 cm³/mol. The molecule has 0 radical (unpaired) electrons. The molecular weight excluding hydrogens is 673 g/mol. The maximum atomic E-state index is 11.5. The average Bonchev–Trinajstić information content (AvgIpc) is 3.83. The van der Waals surface area contributed by atoms with Crippen LogP contribution in [0.4, 0.5) is 0 Å². The molecule has 50 heavy (non-hydrogen) atoms. The third-order valence-electron chi connectivity index (χ3n) is 9.49. The monoisotopic (exact) mass is 711 g/mol. The minimum atomic E-state index is 0.102. The van der Waals surface area contributed by atoms with Gasteiger partial charge in [-0.2, -0.15) is 0 Å². The minimum Gasteiger partial charge on any atom is -0.481 e. The van der Waals surface area contributed by atoms with E-state index in [4.69, 9.17) is 37.9 Å². The summed E-state index contributed by atoms with van der Waals surface area (Å²) in [6.45, 7) is 2.62. The second kappa shape index (κ2) is 14.8. The van der Waals surface area contributed by atoms with Crippen LogP contribution in [0.1, 0.15) is 36.8 Å². The van der Waals surface area contributed by atoms with E-state index < -0.39 is 0 Å². The number of ether oxygens (including phenoxy) is 1. The van der Waals surface area contributed by atoms with Gasteiger partial charge in [0.25, 0.3) is 0 Å². The molecule has 7 rings (SSSR count). The minimum absolute atomic E-state index is 0.102. The highest BCUT2D eigenvalue weighted by molar-refractivity contribution is 6.39. The van der Waals surface area contributed by atoms with Gasteiger partial charge in [-0.25, -0.2) is 4.98 Å². The average molecular weight is 713 g/mol. The van der Waals surface area contributed by atoms with Gasteiger partial charge in [0, 0.05) is 109 Å². The highest BCUT2D eigenvalue weighted by Gasteiger charge is 2.22. The van der Waals surface area contributed by atoms with E-state index in [-0.39, 0.29) is 23.9 Å². The second-order valence-electron chi connectivity index (χ2n) is 12.9. The lowest BCUT2D eigenvalue weighted by molar-refractivity contribution is -0.120. The van der Waals surface area contributed by atoms with Crippen molar-refractivity contribution in [2.75, 3.05) is 20.2 Å². The lowest BCUT2D eigenvalue weighted by Crippen LogP contribution is -2.35. The van der Waals surface area contributed by atoms with E-state index >= 15 is 0 Å². The van der Waals surface area contributed by atoms with Crippen molar-refractivity contribution in [3.05, 3.63) is 88.2 Å². The van der Waals surface area contributed by atoms with Crippen molar-refractivity contribution < 1.29 is 14.3 Å². The van der Waals surface area contributed by atoms with Gasteiger partial charge in [0.2, 0.25) is 17.7 Å². The van der Waals surface area contributed by atoms with E-state index in [2.05, 4.69) is 38.1 Å². The number of aryl methyl sites for hydroxylation is 1. The zero-order valence-electron chi connectivity index (χ0n) is 28.0. The Morgan fingerprint density at radius 1 is 0.840 bits per heavy atom. The number of nitrogens with one attached hydrogen (secondary N) is 4. The first-order chi connectivity index (χ1) is 24.3. The summed E-state index contributed by atoms with van der Waals surface area (Å²) in [5, 5.41) is 14.0. The molecule has 2 aliphatic heterocycles. The number of rotatable bonds is 12. The van der Waals surface area contributed by atoms with E-state index in [0.29, 0.717) is 54.1 Å². The molecule has 0 saturated carbocycles. The van der Waals surface area contributed by atoms with Crippen LogP contribution in [0.3, 0.4) is 0 Å². The van der Waals surface area contributed by atoms with Gasteiger partial charge >= 0.3 is 0 Å². The van der Waals surface area contributed by atoms with Gasteiger partial charge in [-0.15, -0.1) is 0 Å². The fourth-order valence-corrected chi connectivity index (χ4v) is 7.53. The number of nitrogens with zero attached hydrogens (tertiary/aromatic N) is 3. The largest absolute Gasteiger partial charge is 0.481 e. The summed E-state index contributed by atoms with van der Waals surface area (Å²) in [7, 11) is 3.62. The van der Waals surface area contributed by atoms with Crippen molar-refractivity contribution in [3.63, 3.8) is 0 Å². The van der Waals surface area contributed by atoms with Crippen molar-refractivity contribution in [2.45, 2.75) is 50.9 Å². The van der Waals surface area contributed by atoms with Gasteiger partial charge in [0.1, 0.15) is 0 Å². The Kier molecular flexibility index (Phi) is 10.1. The fraction of sp³-hybridized carbons (Fsp3) is 0.316. The Morgan fingerprint density at radius 3 is 2.06 bits per heavy atom. The van der Waals surface area contributed by atoms with Crippen molar-refractivity contribution in [1.82, 2.24) is 35.8 Å². The molecule has 2 saturated heterocycles. The number of fused-ring (bicyclic) bond motifs is 1. The highest BCUT2D eigenvalue weighted by atomic mass is 35.5. The Morgan fingerprint density at radius 2 is 1.44 bits per heavy atom. The van der Waals surface area contributed by atoms with Crippen LogP contribution in [0.15, 0.2) is 67.0 Å². The van der Waals surface area contributed by atoms with Crippen LogP contribution in [0.25, 0.3) is 44.5 Å². The number of halogens is 2. The first kappa shape index (κ1) is 34.0. The molecule has 5 aromatic rings. The van der Waals surface area contributed by atoms with Gasteiger partial charge in [0.15, 0.2) is 0 Å². The number of methoxy groups -OCH3 is 1. The Hall–Kier alpha value is -4.48. The molecule has 0 bridgehead atoms. The van der Waals surface area contributed by atoms with E-state index in [1.54, 1.807) is 7.11 Å². The first-order valence-electron chi connectivity index (χ1n) is 16.8. The summed E-state index contributed by atoms with van der Waals surface area (Å²) in [5.74, 6) is 0.733. The van der Waals surface area contributed by atoms with Crippen molar-refractivity contribution >= 4 is 46.0 Å². The molecule has 2 fully saturated rings. The number of hydrogen-bond acceptors (Lipinski definition) is 7. The van der Waals surface area contributed by atoms with Crippen LogP contribution >= 0.6 is 23.2 Å². The van der Waals surface area contributed by atoms with Crippen molar-refractivity contribution in [3.8, 4) is 39.4 Å². The molecule has 12 heteroatoms. The van der Waals surface area contributed by atoms with Gasteiger partial charge in [-0.05, 0) is 25.0 Å². The molecule has 0 aliphatic carbocycles. The van der Waals surface area contributed by atoms with E-state index in [9.17, 15) is 9.59 Å². The summed E-state index contributed by atoms with van der Waals surface area (Å²) >= 11 is 14.3. The molecule has 2 amide bonds. The number of aromatic nitrogens is 3. The van der Waals surface area contributed by atoms with Crippen LogP contribution in [0.2, 0.25) is 10.0 Å². The maximum absolute atomic E-state index is 11.5. The third-order valence-corrected chi connectivity index (χ3v) is 10.3. The quantitative estimate of drug-likeness (QED) is 0.125. The maximum Gasteiger partial charge on any atom is 0.220 e. The summed E-state index contributed by atoms with van der Waals surface area (Å²) in [5.41, 5.74) is 8.73. The van der Waals surface area contributed by atoms with Gasteiger partial charge in [-0.3, -0.25) is 14.6 Å². The molecule has 0 spiro atoms. The number of amides is 2. The Labute approximate surface area is 300 Å². The standard InChI is InChI=1S/C38H39Cl2N7O3/c1-47-21-24(17-42-20-26-11-14-34(49)45-26)37-32(47)15-23(18-43-37)27-5-3-6-28(35(27)39)29-7-4-8-30(36(29)40)31-12-9-22(38(46-31)50-2)16-41-19-25-10-13-33(48)44-25/h3-9,12,15,18,21,25-26,41-42H,10-11,13-14,16-17,19-20H2,1-2H3,(H,44,48)(H,45,49)/t25-,26+/m1/s1.